The van der Waals surface area contributed by atoms with E-state index < -0.39 is 0 Å². The van der Waals surface area contributed by atoms with Gasteiger partial charge in [0.05, 0.1) is 0 Å². The fraction of sp³-hybridized carbons (Fsp3) is 0. The summed E-state index contributed by atoms with van der Waals surface area (Å²) in [6.07, 6.45) is 1.45. The molecule has 1 aromatic carbocycles. The first-order valence-electron chi connectivity index (χ1n) is 4.05. The van der Waals surface area contributed by atoms with E-state index >= 15 is 0 Å². The highest BCUT2D eigenvalue weighted by molar-refractivity contribution is 9.10. The van der Waals surface area contributed by atoms with Gasteiger partial charge in [-0.1, -0.05) is 34.6 Å². The van der Waals surface area contributed by atoms with E-state index in [4.69, 9.17) is 4.74 Å². The highest BCUT2D eigenvalue weighted by Gasteiger charge is 2.18. The smallest absolute Gasteiger partial charge is 0.336 e. The zero-order valence-electron chi connectivity index (χ0n) is 7.29. The number of hydrogen-bond acceptors (Lipinski definition) is 2. The average molecular weight is 251 g/mol. The average Bonchev–Trinajstić information content (AvgIpc) is 2.47. The number of benzene rings is 1. The first-order valence-corrected chi connectivity index (χ1v) is 4.85. The molecule has 0 aromatic heterocycles. The van der Waals surface area contributed by atoms with Gasteiger partial charge < -0.3 is 4.74 Å². The van der Waals surface area contributed by atoms with Gasteiger partial charge in [-0.05, 0) is 17.7 Å². The molecule has 2 nitrogen and oxygen atoms in total. The Morgan fingerprint density at radius 2 is 1.86 bits per heavy atom. The van der Waals surface area contributed by atoms with Gasteiger partial charge >= 0.3 is 5.97 Å². The summed E-state index contributed by atoms with van der Waals surface area (Å²) in [5.74, 6) is 0.0604. The molecule has 0 saturated carbocycles. The number of ether oxygens (including phenoxy) is 1. The summed E-state index contributed by atoms with van der Waals surface area (Å²) in [5.41, 5.74) is 1.69. The van der Waals surface area contributed by atoms with E-state index in [-0.39, 0.29) is 5.97 Å². The van der Waals surface area contributed by atoms with Crippen molar-refractivity contribution < 1.29 is 9.53 Å². The van der Waals surface area contributed by atoms with E-state index in [0.29, 0.717) is 5.76 Å². The molecule has 0 radical (unpaired) electrons. The van der Waals surface area contributed by atoms with Crippen LogP contribution >= 0.6 is 15.9 Å². The second kappa shape index (κ2) is 3.42. The van der Waals surface area contributed by atoms with E-state index in [9.17, 15) is 4.79 Å². The summed E-state index contributed by atoms with van der Waals surface area (Å²) in [7, 11) is 0. The summed E-state index contributed by atoms with van der Waals surface area (Å²) < 4.78 is 5.82. The fourth-order valence-electron chi connectivity index (χ4n) is 1.28. The van der Waals surface area contributed by atoms with E-state index in [1.807, 2.05) is 24.3 Å². The minimum atomic E-state index is -0.354. The SMILES string of the molecule is C=C1OC(=O)C=C1c1ccc(Br)cc1. The summed E-state index contributed by atoms with van der Waals surface area (Å²) in [6.45, 7) is 3.66. The molecule has 0 amide bonds. The number of carbonyl (C=O) groups excluding carboxylic acids is 1. The third kappa shape index (κ3) is 1.63. The minimum Gasteiger partial charge on any atom is -0.423 e. The van der Waals surface area contributed by atoms with Crippen LogP contribution in [0.5, 0.6) is 0 Å². The standard InChI is InChI=1S/C11H7BrO2/c1-7-10(6-11(13)14-7)8-2-4-9(12)5-3-8/h2-6H,1H2. The van der Waals surface area contributed by atoms with Crippen molar-refractivity contribution in [2.45, 2.75) is 0 Å². The summed E-state index contributed by atoms with van der Waals surface area (Å²) >= 11 is 3.34. The number of allylic oxidation sites excluding steroid dienone is 1. The number of esters is 1. The van der Waals surface area contributed by atoms with Gasteiger partial charge in [0.15, 0.2) is 0 Å². The van der Waals surface area contributed by atoms with Crippen LogP contribution in [0.4, 0.5) is 0 Å². The molecule has 0 aliphatic carbocycles. The zero-order valence-corrected chi connectivity index (χ0v) is 8.87. The largest absolute Gasteiger partial charge is 0.423 e. The van der Waals surface area contributed by atoms with Crippen LogP contribution in [0.3, 0.4) is 0 Å². The molecule has 14 heavy (non-hydrogen) atoms. The molecular weight excluding hydrogens is 244 g/mol. The molecule has 2 rings (SSSR count). The Bertz CT molecular complexity index is 429. The van der Waals surface area contributed by atoms with Crippen molar-refractivity contribution in [1.82, 2.24) is 0 Å². The maximum absolute atomic E-state index is 10.9. The van der Waals surface area contributed by atoms with Crippen molar-refractivity contribution in [3.05, 3.63) is 52.7 Å². The lowest BCUT2D eigenvalue weighted by Gasteiger charge is -2.02. The van der Waals surface area contributed by atoms with Crippen LogP contribution in [0.25, 0.3) is 5.57 Å². The molecule has 0 N–H and O–H groups in total. The lowest BCUT2D eigenvalue weighted by atomic mass is 10.1. The highest BCUT2D eigenvalue weighted by Crippen LogP contribution is 2.28. The molecule has 0 bridgehead atoms. The van der Waals surface area contributed by atoms with Gasteiger partial charge in [0.25, 0.3) is 0 Å². The predicted molar refractivity (Wildman–Crippen MR) is 57.4 cm³/mol. The van der Waals surface area contributed by atoms with Crippen molar-refractivity contribution in [3.8, 4) is 0 Å². The Kier molecular flexibility index (Phi) is 2.25. The number of rotatable bonds is 1. The monoisotopic (exact) mass is 250 g/mol. The van der Waals surface area contributed by atoms with Crippen LogP contribution in [-0.2, 0) is 9.53 Å². The Labute approximate surface area is 90.0 Å². The molecule has 0 unspecified atom stereocenters. The lowest BCUT2D eigenvalue weighted by molar-refractivity contribution is -0.132. The third-order valence-corrected chi connectivity index (χ3v) is 2.47. The quantitative estimate of drug-likeness (QED) is 0.717. The molecule has 0 saturated heterocycles. The molecule has 0 atom stereocenters. The second-order valence-electron chi connectivity index (χ2n) is 2.91. The third-order valence-electron chi connectivity index (χ3n) is 1.94. The molecule has 1 aromatic rings. The van der Waals surface area contributed by atoms with E-state index in [1.54, 1.807) is 0 Å². The van der Waals surface area contributed by atoms with Crippen molar-refractivity contribution >= 4 is 27.5 Å². The number of hydrogen-bond donors (Lipinski definition) is 0. The van der Waals surface area contributed by atoms with Crippen molar-refractivity contribution in [2.24, 2.45) is 0 Å². The van der Waals surface area contributed by atoms with E-state index in [2.05, 4.69) is 22.5 Å². The van der Waals surface area contributed by atoms with E-state index in [1.165, 1.54) is 6.08 Å². The summed E-state index contributed by atoms with van der Waals surface area (Å²) in [5, 5.41) is 0. The van der Waals surface area contributed by atoms with Crippen molar-refractivity contribution in [3.63, 3.8) is 0 Å². The first kappa shape index (κ1) is 9.21. The predicted octanol–water partition coefficient (Wildman–Crippen LogP) is 2.90. The number of carbonyl (C=O) groups is 1. The normalized spacial score (nSPS) is 15.4. The molecule has 1 aliphatic heterocycles. The molecule has 1 aliphatic rings. The Balaban J connectivity index is 2.41. The van der Waals surface area contributed by atoms with Gasteiger partial charge in [-0.2, -0.15) is 0 Å². The van der Waals surface area contributed by atoms with Gasteiger partial charge in [-0.3, -0.25) is 0 Å². The maximum atomic E-state index is 10.9. The van der Waals surface area contributed by atoms with Crippen LogP contribution < -0.4 is 0 Å². The second-order valence-corrected chi connectivity index (χ2v) is 3.82. The molecular formula is C11H7BrO2. The van der Waals surface area contributed by atoms with Crippen LogP contribution in [0.15, 0.2) is 47.2 Å². The van der Waals surface area contributed by atoms with Crippen LogP contribution in [0.1, 0.15) is 5.56 Å². The van der Waals surface area contributed by atoms with Gasteiger partial charge in [-0.15, -0.1) is 0 Å². The van der Waals surface area contributed by atoms with Gasteiger partial charge in [0, 0.05) is 16.1 Å². The van der Waals surface area contributed by atoms with Gasteiger partial charge in [0.1, 0.15) is 5.76 Å². The summed E-state index contributed by atoms with van der Waals surface area (Å²) in [4.78, 5) is 10.9. The Morgan fingerprint density at radius 3 is 2.36 bits per heavy atom. The van der Waals surface area contributed by atoms with Crippen LogP contribution in [0, 0.1) is 0 Å². The topological polar surface area (TPSA) is 26.3 Å². The van der Waals surface area contributed by atoms with Gasteiger partial charge in [-0.25, -0.2) is 4.79 Å². The van der Waals surface area contributed by atoms with Crippen molar-refractivity contribution in [2.75, 3.05) is 0 Å². The number of halogens is 1. The fourth-order valence-corrected chi connectivity index (χ4v) is 1.54. The first-order chi connectivity index (χ1) is 6.66. The lowest BCUT2D eigenvalue weighted by Crippen LogP contribution is -1.89. The number of cyclic esters (lactones) is 1. The minimum absolute atomic E-state index is 0.354. The van der Waals surface area contributed by atoms with Crippen molar-refractivity contribution in [1.29, 1.82) is 0 Å². The summed E-state index contributed by atoms with van der Waals surface area (Å²) in [6, 6.07) is 7.63. The Hall–Kier alpha value is -1.35. The maximum Gasteiger partial charge on any atom is 0.336 e. The molecule has 3 heteroatoms. The van der Waals surface area contributed by atoms with E-state index in [0.717, 1.165) is 15.6 Å². The zero-order chi connectivity index (χ0) is 10.1. The molecule has 0 spiro atoms. The Morgan fingerprint density at radius 1 is 1.21 bits per heavy atom. The van der Waals surface area contributed by atoms with Crippen LogP contribution in [0.2, 0.25) is 0 Å². The van der Waals surface area contributed by atoms with Gasteiger partial charge in [0.2, 0.25) is 0 Å². The highest BCUT2D eigenvalue weighted by atomic mass is 79.9. The molecule has 0 fully saturated rings. The van der Waals surface area contributed by atoms with Crippen LogP contribution in [-0.4, -0.2) is 5.97 Å². The molecule has 1 heterocycles. The molecule has 70 valence electrons.